The van der Waals surface area contributed by atoms with Crippen LogP contribution in [-0.2, 0) is 10.0 Å². The predicted octanol–water partition coefficient (Wildman–Crippen LogP) is 3.38. The van der Waals surface area contributed by atoms with Crippen molar-refractivity contribution in [2.75, 3.05) is 0 Å². The molecule has 3 nitrogen and oxygen atoms in total. The Labute approximate surface area is 118 Å². The lowest BCUT2D eigenvalue weighted by atomic mass is 10.1. The second-order valence-corrected chi connectivity index (χ2v) is 6.27. The summed E-state index contributed by atoms with van der Waals surface area (Å²) in [7, 11) is -3.62. The third kappa shape index (κ3) is 3.35. The molecule has 100 valence electrons. The van der Waals surface area contributed by atoms with Crippen molar-refractivity contribution >= 4 is 21.6 Å². The maximum absolute atomic E-state index is 12.2. The van der Waals surface area contributed by atoms with Crippen LogP contribution in [0.15, 0.2) is 59.5 Å². The zero-order valence-electron chi connectivity index (χ0n) is 10.4. The van der Waals surface area contributed by atoms with E-state index in [4.69, 9.17) is 11.6 Å². The molecular weight excluding hydrogens is 282 g/mol. The molecule has 19 heavy (non-hydrogen) atoms. The van der Waals surface area contributed by atoms with Gasteiger partial charge in [0.15, 0.2) is 0 Å². The van der Waals surface area contributed by atoms with Gasteiger partial charge in [-0.2, -0.15) is 0 Å². The van der Waals surface area contributed by atoms with E-state index in [-0.39, 0.29) is 16.0 Å². The first-order chi connectivity index (χ1) is 9.00. The number of sulfonamides is 1. The largest absolute Gasteiger partial charge is 0.242 e. The molecule has 2 rings (SSSR count). The summed E-state index contributed by atoms with van der Waals surface area (Å²) in [5.74, 6) is 0. The van der Waals surface area contributed by atoms with Crippen LogP contribution in [0.4, 0.5) is 0 Å². The summed E-state index contributed by atoms with van der Waals surface area (Å²) < 4.78 is 27.1. The third-order valence-corrected chi connectivity index (χ3v) is 4.80. The molecule has 0 aliphatic carbocycles. The van der Waals surface area contributed by atoms with Crippen molar-refractivity contribution in [2.45, 2.75) is 17.9 Å². The molecule has 1 N–H and O–H groups in total. The van der Waals surface area contributed by atoms with Gasteiger partial charge >= 0.3 is 0 Å². The highest BCUT2D eigenvalue weighted by atomic mass is 35.5. The van der Waals surface area contributed by atoms with E-state index in [0.717, 1.165) is 5.56 Å². The van der Waals surface area contributed by atoms with Gasteiger partial charge < -0.3 is 0 Å². The number of hydrogen-bond donors (Lipinski definition) is 1. The zero-order chi connectivity index (χ0) is 13.9. The highest BCUT2D eigenvalue weighted by Gasteiger charge is 2.20. The molecule has 0 aliphatic heterocycles. The minimum atomic E-state index is -3.62. The number of hydrogen-bond acceptors (Lipinski definition) is 2. The van der Waals surface area contributed by atoms with Crippen molar-refractivity contribution in [3.8, 4) is 0 Å². The van der Waals surface area contributed by atoms with Gasteiger partial charge in [-0.05, 0) is 24.6 Å². The van der Waals surface area contributed by atoms with Gasteiger partial charge in [0.25, 0.3) is 0 Å². The average Bonchev–Trinajstić information content (AvgIpc) is 2.39. The van der Waals surface area contributed by atoms with E-state index in [1.165, 1.54) is 6.07 Å². The predicted molar refractivity (Wildman–Crippen MR) is 76.6 cm³/mol. The van der Waals surface area contributed by atoms with Crippen LogP contribution in [0, 0.1) is 0 Å². The van der Waals surface area contributed by atoms with Crippen LogP contribution in [0.3, 0.4) is 0 Å². The maximum atomic E-state index is 12.2. The Bertz CT molecular complexity index is 656. The van der Waals surface area contributed by atoms with E-state index in [1.54, 1.807) is 25.1 Å². The Morgan fingerprint density at radius 3 is 2.21 bits per heavy atom. The molecule has 0 unspecified atom stereocenters. The summed E-state index contributed by atoms with van der Waals surface area (Å²) in [5.41, 5.74) is 0.901. The summed E-state index contributed by atoms with van der Waals surface area (Å²) >= 11 is 5.92. The van der Waals surface area contributed by atoms with Crippen molar-refractivity contribution < 1.29 is 8.42 Å². The molecule has 0 aliphatic rings. The lowest BCUT2D eigenvalue weighted by Crippen LogP contribution is -2.27. The van der Waals surface area contributed by atoms with E-state index < -0.39 is 10.0 Å². The summed E-state index contributed by atoms with van der Waals surface area (Å²) in [6.45, 7) is 1.80. The monoisotopic (exact) mass is 295 g/mol. The Balaban J connectivity index is 2.26. The second-order valence-electron chi connectivity index (χ2n) is 4.18. The maximum Gasteiger partial charge on any atom is 0.242 e. The second kappa shape index (κ2) is 5.74. The van der Waals surface area contributed by atoms with Gasteiger partial charge in [-0.25, -0.2) is 13.1 Å². The van der Waals surface area contributed by atoms with Gasteiger partial charge in [0, 0.05) is 6.04 Å². The molecule has 0 spiro atoms. The van der Waals surface area contributed by atoms with E-state index in [1.807, 2.05) is 30.3 Å². The molecule has 0 aromatic heterocycles. The lowest BCUT2D eigenvalue weighted by Gasteiger charge is -2.15. The smallest absolute Gasteiger partial charge is 0.207 e. The van der Waals surface area contributed by atoms with Crippen LogP contribution in [-0.4, -0.2) is 8.42 Å². The van der Waals surface area contributed by atoms with Crippen LogP contribution < -0.4 is 4.72 Å². The van der Waals surface area contributed by atoms with Gasteiger partial charge in [0.1, 0.15) is 4.90 Å². The van der Waals surface area contributed by atoms with Crippen molar-refractivity contribution in [1.29, 1.82) is 0 Å². The number of rotatable bonds is 4. The zero-order valence-corrected chi connectivity index (χ0v) is 11.9. The summed E-state index contributed by atoms with van der Waals surface area (Å²) in [6, 6.07) is 15.5. The minimum absolute atomic E-state index is 0.0967. The molecule has 0 amide bonds. The standard InChI is InChI=1S/C14H14ClNO2S/c1-11(12-7-3-2-4-8-12)16-19(17,18)14-10-6-5-9-13(14)15/h2-11,16H,1H3/t11-/m1/s1. The van der Waals surface area contributed by atoms with Crippen molar-refractivity contribution in [2.24, 2.45) is 0 Å². The van der Waals surface area contributed by atoms with E-state index in [2.05, 4.69) is 4.72 Å². The molecule has 0 saturated heterocycles. The molecule has 0 radical (unpaired) electrons. The van der Waals surface area contributed by atoms with Gasteiger partial charge in [-0.15, -0.1) is 0 Å². The molecule has 1 atom stereocenters. The molecule has 0 bridgehead atoms. The van der Waals surface area contributed by atoms with Crippen LogP contribution >= 0.6 is 11.6 Å². The third-order valence-electron chi connectivity index (χ3n) is 2.76. The highest BCUT2D eigenvalue weighted by molar-refractivity contribution is 7.89. The van der Waals surface area contributed by atoms with Crippen LogP contribution in [0.1, 0.15) is 18.5 Å². The Morgan fingerprint density at radius 2 is 1.58 bits per heavy atom. The van der Waals surface area contributed by atoms with E-state index in [0.29, 0.717) is 0 Å². The molecular formula is C14H14ClNO2S. The fourth-order valence-corrected chi connectivity index (χ4v) is 3.52. The van der Waals surface area contributed by atoms with Crippen LogP contribution in [0.2, 0.25) is 5.02 Å². The molecule has 5 heteroatoms. The van der Waals surface area contributed by atoms with E-state index >= 15 is 0 Å². The fraction of sp³-hybridized carbons (Fsp3) is 0.143. The summed E-state index contributed by atoms with van der Waals surface area (Å²) in [4.78, 5) is 0.0967. The van der Waals surface area contributed by atoms with E-state index in [9.17, 15) is 8.42 Å². The summed E-state index contributed by atoms with van der Waals surface area (Å²) in [5, 5.41) is 0.218. The summed E-state index contributed by atoms with van der Waals surface area (Å²) in [6.07, 6.45) is 0. The average molecular weight is 296 g/mol. The van der Waals surface area contributed by atoms with Gasteiger partial charge in [-0.3, -0.25) is 0 Å². The fourth-order valence-electron chi connectivity index (χ4n) is 1.77. The highest BCUT2D eigenvalue weighted by Crippen LogP contribution is 2.22. The molecule has 0 saturated carbocycles. The normalized spacial score (nSPS) is 13.2. The molecule has 2 aromatic rings. The van der Waals surface area contributed by atoms with Gasteiger partial charge in [0.05, 0.1) is 5.02 Å². The van der Waals surface area contributed by atoms with Crippen molar-refractivity contribution in [3.63, 3.8) is 0 Å². The first-order valence-corrected chi connectivity index (χ1v) is 7.68. The quantitative estimate of drug-likeness (QED) is 0.940. The number of benzene rings is 2. The molecule has 0 heterocycles. The first kappa shape index (κ1) is 14.1. The van der Waals surface area contributed by atoms with Gasteiger partial charge in [-0.1, -0.05) is 54.1 Å². The Hall–Kier alpha value is -1.36. The van der Waals surface area contributed by atoms with Gasteiger partial charge in [0.2, 0.25) is 10.0 Å². The van der Waals surface area contributed by atoms with Crippen LogP contribution in [0.25, 0.3) is 0 Å². The molecule has 2 aromatic carbocycles. The minimum Gasteiger partial charge on any atom is -0.207 e. The van der Waals surface area contributed by atoms with Crippen molar-refractivity contribution in [3.05, 3.63) is 65.2 Å². The SMILES string of the molecule is C[C@@H](NS(=O)(=O)c1ccccc1Cl)c1ccccc1. The van der Waals surface area contributed by atoms with Crippen LogP contribution in [0.5, 0.6) is 0 Å². The Kier molecular flexibility index (Phi) is 4.24. The van der Waals surface area contributed by atoms with Crippen molar-refractivity contribution in [1.82, 2.24) is 4.72 Å². The topological polar surface area (TPSA) is 46.2 Å². The lowest BCUT2D eigenvalue weighted by molar-refractivity contribution is 0.567. The number of nitrogens with one attached hydrogen (secondary N) is 1. The Morgan fingerprint density at radius 1 is 1.00 bits per heavy atom. The molecule has 0 fully saturated rings. The first-order valence-electron chi connectivity index (χ1n) is 5.82. The number of halogens is 1.